The fraction of sp³-hybridized carbons (Fsp3) is 0.0714. The summed E-state index contributed by atoms with van der Waals surface area (Å²) in [6.45, 7) is 1.88. The monoisotopic (exact) mass is 272 g/mol. The van der Waals surface area contributed by atoms with Crippen molar-refractivity contribution in [3.63, 3.8) is 0 Å². The molecular formula is C14H12N2O4. The Kier molecular flexibility index (Phi) is 3.95. The van der Waals surface area contributed by atoms with Crippen molar-refractivity contribution < 1.29 is 14.1 Å². The van der Waals surface area contributed by atoms with E-state index in [9.17, 15) is 14.9 Å². The molecule has 20 heavy (non-hydrogen) atoms. The molecule has 0 spiro atoms. The van der Waals surface area contributed by atoms with Crippen molar-refractivity contribution in [3.05, 3.63) is 63.9 Å². The second-order valence-corrected chi connectivity index (χ2v) is 4.07. The fourth-order valence-corrected chi connectivity index (χ4v) is 1.58. The normalized spacial score (nSPS) is 10.7. The van der Waals surface area contributed by atoms with Crippen molar-refractivity contribution in [2.45, 2.75) is 6.92 Å². The lowest BCUT2D eigenvalue weighted by molar-refractivity contribution is -0.402. The first kappa shape index (κ1) is 13.5. The first-order valence-corrected chi connectivity index (χ1v) is 5.85. The van der Waals surface area contributed by atoms with E-state index in [0.29, 0.717) is 5.69 Å². The van der Waals surface area contributed by atoms with Gasteiger partial charge >= 0.3 is 5.88 Å². The molecule has 1 N–H and O–H groups in total. The molecule has 0 unspecified atom stereocenters. The largest absolute Gasteiger partial charge is 0.433 e. The third-order valence-corrected chi connectivity index (χ3v) is 2.59. The second-order valence-electron chi connectivity index (χ2n) is 4.07. The van der Waals surface area contributed by atoms with Gasteiger partial charge in [0.05, 0.1) is 6.07 Å². The molecule has 1 aromatic heterocycles. The van der Waals surface area contributed by atoms with E-state index in [4.69, 9.17) is 4.42 Å². The van der Waals surface area contributed by atoms with E-state index in [1.807, 2.05) is 25.1 Å². The number of nitrogens with zero attached hydrogens (tertiary/aromatic N) is 1. The number of furan rings is 1. The SMILES string of the molecule is Cc1ccccc1NC(=O)/C=C/c1ccc([N+](=O)[O-])o1. The highest BCUT2D eigenvalue weighted by atomic mass is 16.6. The number of carbonyl (C=O) groups excluding carboxylic acids is 1. The van der Waals surface area contributed by atoms with E-state index in [-0.39, 0.29) is 17.6 Å². The molecule has 0 aliphatic rings. The van der Waals surface area contributed by atoms with Gasteiger partial charge in [0.2, 0.25) is 5.91 Å². The summed E-state index contributed by atoms with van der Waals surface area (Å²) in [5.74, 6) is -0.445. The van der Waals surface area contributed by atoms with Crippen LogP contribution in [-0.4, -0.2) is 10.8 Å². The number of carbonyl (C=O) groups is 1. The number of benzene rings is 1. The van der Waals surface area contributed by atoms with Gasteiger partial charge in [-0.1, -0.05) is 18.2 Å². The van der Waals surface area contributed by atoms with Gasteiger partial charge in [0.15, 0.2) is 0 Å². The van der Waals surface area contributed by atoms with Crippen molar-refractivity contribution in [1.82, 2.24) is 0 Å². The van der Waals surface area contributed by atoms with Crippen LogP contribution in [0, 0.1) is 17.0 Å². The molecule has 1 heterocycles. The van der Waals surface area contributed by atoms with Crippen LogP contribution >= 0.6 is 0 Å². The molecule has 0 fully saturated rings. The average Bonchev–Trinajstić information content (AvgIpc) is 2.88. The molecule has 1 aromatic carbocycles. The molecule has 102 valence electrons. The maximum Gasteiger partial charge on any atom is 0.433 e. The summed E-state index contributed by atoms with van der Waals surface area (Å²) in [4.78, 5) is 21.5. The van der Waals surface area contributed by atoms with Gasteiger partial charge < -0.3 is 9.73 Å². The van der Waals surface area contributed by atoms with E-state index < -0.39 is 4.92 Å². The number of nitro groups is 1. The number of anilines is 1. The van der Waals surface area contributed by atoms with Crippen molar-refractivity contribution in [3.8, 4) is 0 Å². The van der Waals surface area contributed by atoms with Gasteiger partial charge in [-0.2, -0.15) is 0 Å². The number of hydrogen-bond acceptors (Lipinski definition) is 4. The van der Waals surface area contributed by atoms with Crippen LogP contribution in [0.2, 0.25) is 0 Å². The smallest absolute Gasteiger partial charge is 0.401 e. The lowest BCUT2D eigenvalue weighted by Crippen LogP contribution is -2.08. The Bertz CT molecular complexity index is 673. The highest BCUT2D eigenvalue weighted by Gasteiger charge is 2.10. The maximum atomic E-state index is 11.7. The number of aryl methyl sites for hydroxylation is 1. The fourth-order valence-electron chi connectivity index (χ4n) is 1.58. The second kappa shape index (κ2) is 5.83. The van der Waals surface area contributed by atoms with Gasteiger partial charge in [-0.15, -0.1) is 0 Å². The van der Waals surface area contributed by atoms with Gasteiger partial charge in [-0.25, -0.2) is 0 Å². The van der Waals surface area contributed by atoms with Crippen LogP contribution in [0.1, 0.15) is 11.3 Å². The molecular weight excluding hydrogens is 260 g/mol. The topological polar surface area (TPSA) is 85.4 Å². The molecule has 6 heteroatoms. The molecule has 0 radical (unpaired) electrons. The third-order valence-electron chi connectivity index (χ3n) is 2.59. The van der Waals surface area contributed by atoms with Crippen molar-refractivity contribution in [2.75, 3.05) is 5.32 Å². The van der Waals surface area contributed by atoms with Crippen LogP contribution in [0.25, 0.3) is 6.08 Å². The molecule has 0 saturated heterocycles. The van der Waals surface area contributed by atoms with E-state index in [1.165, 1.54) is 24.3 Å². The molecule has 2 aromatic rings. The Morgan fingerprint density at radius 2 is 2.05 bits per heavy atom. The quantitative estimate of drug-likeness (QED) is 0.526. The number of rotatable bonds is 4. The molecule has 0 saturated carbocycles. The van der Waals surface area contributed by atoms with Crippen molar-refractivity contribution in [2.24, 2.45) is 0 Å². The molecule has 2 rings (SSSR count). The Hall–Kier alpha value is -2.89. The van der Waals surface area contributed by atoms with Crippen LogP contribution < -0.4 is 5.32 Å². The Morgan fingerprint density at radius 3 is 2.70 bits per heavy atom. The highest BCUT2D eigenvalue weighted by Crippen LogP contribution is 2.17. The summed E-state index contributed by atoms with van der Waals surface area (Å²) >= 11 is 0. The zero-order chi connectivity index (χ0) is 14.5. The Morgan fingerprint density at radius 1 is 1.30 bits per heavy atom. The van der Waals surface area contributed by atoms with Gasteiger partial charge in [-0.3, -0.25) is 14.9 Å². The van der Waals surface area contributed by atoms with Gasteiger partial charge in [0, 0.05) is 11.8 Å². The summed E-state index contributed by atoms with van der Waals surface area (Å²) in [6.07, 6.45) is 2.63. The van der Waals surface area contributed by atoms with Crippen molar-refractivity contribution >= 4 is 23.6 Å². The molecule has 6 nitrogen and oxygen atoms in total. The predicted octanol–water partition coefficient (Wildman–Crippen LogP) is 3.15. The number of para-hydroxylation sites is 1. The zero-order valence-corrected chi connectivity index (χ0v) is 10.7. The predicted molar refractivity (Wildman–Crippen MR) is 74.2 cm³/mol. The van der Waals surface area contributed by atoms with E-state index >= 15 is 0 Å². The summed E-state index contributed by atoms with van der Waals surface area (Å²) in [5, 5.41) is 13.1. The first-order valence-electron chi connectivity index (χ1n) is 5.85. The summed E-state index contributed by atoms with van der Waals surface area (Å²) in [7, 11) is 0. The van der Waals surface area contributed by atoms with Crippen LogP contribution in [0.3, 0.4) is 0 Å². The van der Waals surface area contributed by atoms with E-state index in [2.05, 4.69) is 5.32 Å². The summed E-state index contributed by atoms with van der Waals surface area (Å²) < 4.78 is 4.90. The Balaban J connectivity index is 2.02. The number of nitrogens with one attached hydrogen (secondary N) is 1. The first-order chi connectivity index (χ1) is 9.56. The average molecular weight is 272 g/mol. The molecule has 0 aliphatic carbocycles. The minimum Gasteiger partial charge on any atom is -0.401 e. The lowest BCUT2D eigenvalue weighted by Gasteiger charge is -2.04. The molecule has 0 atom stereocenters. The summed E-state index contributed by atoms with van der Waals surface area (Å²) in [5.41, 5.74) is 1.66. The lowest BCUT2D eigenvalue weighted by atomic mass is 10.2. The summed E-state index contributed by atoms with van der Waals surface area (Å²) in [6, 6.07) is 10.0. The molecule has 0 bridgehead atoms. The van der Waals surface area contributed by atoms with Crippen LogP contribution in [0.5, 0.6) is 0 Å². The molecule has 0 aliphatic heterocycles. The number of amides is 1. The van der Waals surface area contributed by atoms with Gasteiger partial charge in [-0.05, 0) is 30.7 Å². The van der Waals surface area contributed by atoms with Gasteiger partial charge in [0.25, 0.3) is 0 Å². The minimum atomic E-state index is -0.634. The van der Waals surface area contributed by atoms with Crippen molar-refractivity contribution in [1.29, 1.82) is 0 Å². The highest BCUT2D eigenvalue weighted by molar-refractivity contribution is 6.02. The third kappa shape index (κ3) is 3.32. The van der Waals surface area contributed by atoms with Crippen LogP contribution in [0.4, 0.5) is 11.6 Å². The van der Waals surface area contributed by atoms with E-state index in [0.717, 1.165) is 5.56 Å². The zero-order valence-electron chi connectivity index (χ0n) is 10.7. The van der Waals surface area contributed by atoms with Crippen LogP contribution in [-0.2, 0) is 4.79 Å². The maximum absolute atomic E-state index is 11.7. The Labute approximate surface area is 114 Å². The van der Waals surface area contributed by atoms with Crippen LogP contribution in [0.15, 0.2) is 46.9 Å². The van der Waals surface area contributed by atoms with Gasteiger partial charge in [0.1, 0.15) is 10.7 Å². The molecule has 1 amide bonds. The minimum absolute atomic E-state index is 0.247. The number of hydrogen-bond donors (Lipinski definition) is 1. The standard InChI is InChI=1S/C14H12N2O4/c1-10-4-2-3-5-12(10)15-13(17)8-6-11-7-9-14(20-11)16(18)19/h2-9H,1H3,(H,15,17)/b8-6+. The van der Waals surface area contributed by atoms with E-state index in [1.54, 1.807) is 6.07 Å².